The number of benzene rings is 1. The van der Waals surface area contributed by atoms with E-state index in [0.717, 1.165) is 35.4 Å². The number of carbonyl (C=O) groups is 1. The summed E-state index contributed by atoms with van der Waals surface area (Å²) in [6.45, 7) is 4.87. The first-order valence-electron chi connectivity index (χ1n) is 8.56. The van der Waals surface area contributed by atoms with Crippen LogP contribution in [0, 0.1) is 6.92 Å². The maximum Gasteiger partial charge on any atom is 0.264 e. The summed E-state index contributed by atoms with van der Waals surface area (Å²) < 4.78 is 6.46. The minimum atomic E-state index is -0.248. The molecular formula is C18H21BrClN3O2S. The fraction of sp³-hybridized carbons (Fsp3) is 0.444. The van der Waals surface area contributed by atoms with Crippen LogP contribution in [-0.2, 0) is 11.3 Å². The van der Waals surface area contributed by atoms with Crippen LogP contribution in [0.4, 0.5) is 5.13 Å². The number of hydrogen-bond donors (Lipinski definition) is 1. The highest BCUT2D eigenvalue weighted by atomic mass is 79.9. The van der Waals surface area contributed by atoms with Crippen molar-refractivity contribution in [3.63, 3.8) is 0 Å². The molecule has 0 unspecified atom stereocenters. The summed E-state index contributed by atoms with van der Waals surface area (Å²) in [5, 5.41) is 5.87. The SMILES string of the molecule is Cc1cc(Br)cc(Cl)c1OCC(=O)Nc1nc(CN2CCCCC2)cs1. The number of aryl methyl sites for hydroxylation is 1. The van der Waals surface area contributed by atoms with Gasteiger partial charge in [0, 0.05) is 16.4 Å². The Morgan fingerprint density at radius 1 is 1.38 bits per heavy atom. The number of rotatable bonds is 6. The van der Waals surface area contributed by atoms with E-state index in [4.69, 9.17) is 16.3 Å². The molecule has 1 N–H and O–H groups in total. The van der Waals surface area contributed by atoms with Crippen molar-refractivity contribution in [2.24, 2.45) is 0 Å². The molecule has 0 saturated carbocycles. The Hall–Kier alpha value is -1.15. The monoisotopic (exact) mass is 457 g/mol. The predicted molar refractivity (Wildman–Crippen MR) is 109 cm³/mol. The van der Waals surface area contributed by atoms with Gasteiger partial charge in [0.05, 0.1) is 10.7 Å². The molecule has 0 radical (unpaired) electrons. The number of likely N-dealkylation sites (tertiary alicyclic amines) is 1. The van der Waals surface area contributed by atoms with Crippen LogP contribution < -0.4 is 10.1 Å². The lowest BCUT2D eigenvalue weighted by Gasteiger charge is -2.25. The van der Waals surface area contributed by atoms with Gasteiger partial charge in [0.2, 0.25) is 0 Å². The van der Waals surface area contributed by atoms with Gasteiger partial charge in [-0.2, -0.15) is 0 Å². The predicted octanol–water partition coefficient (Wildman–Crippen LogP) is 4.87. The van der Waals surface area contributed by atoms with E-state index < -0.39 is 0 Å². The maximum atomic E-state index is 12.1. The molecule has 3 rings (SSSR count). The van der Waals surface area contributed by atoms with Crippen molar-refractivity contribution in [1.29, 1.82) is 0 Å². The van der Waals surface area contributed by atoms with Crippen molar-refractivity contribution in [1.82, 2.24) is 9.88 Å². The fourth-order valence-corrected chi connectivity index (χ4v) is 4.69. The molecule has 1 aliphatic rings. The van der Waals surface area contributed by atoms with Crippen molar-refractivity contribution in [3.8, 4) is 5.75 Å². The molecule has 0 atom stereocenters. The fourth-order valence-electron chi connectivity index (χ4n) is 2.95. The highest BCUT2D eigenvalue weighted by Gasteiger charge is 2.14. The number of piperidine rings is 1. The Balaban J connectivity index is 1.51. The average molecular weight is 459 g/mol. The van der Waals surface area contributed by atoms with Crippen LogP contribution in [0.2, 0.25) is 5.02 Å². The van der Waals surface area contributed by atoms with Crippen LogP contribution in [0.5, 0.6) is 5.75 Å². The number of thiazole rings is 1. The first kappa shape index (κ1) is 19.6. The third-order valence-corrected chi connectivity index (χ3v) is 5.72. The normalized spacial score (nSPS) is 15.0. The molecule has 2 aromatic rings. The van der Waals surface area contributed by atoms with Gasteiger partial charge in [-0.05, 0) is 50.6 Å². The van der Waals surface area contributed by atoms with Crippen LogP contribution in [-0.4, -0.2) is 35.5 Å². The van der Waals surface area contributed by atoms with Gasteiger partial charge in [0.15, 0.2) is 11.7 Å². The lowest BCUT2D eigenvalue weighted by molar-refractivity contribution is -0.118. The van der Waals surface area contributed by atoms with Gasteiger partial charge in [0.25, 0.3) is 5.91 Å². The van der Waals surface area contributed by atoms with Crippen molar-refractivity contribution in [3.05, 3.63) is 38.3 Å². The smallest absolute Gasteiger partial charge is 0.264 e. The third-order valence-electron chi connectivity index (χ3n) is 4.17. The topological polar surface area (TPSA) is 54.5 Å². The third kappa shape index (κ3) is 5.42. The molecule has 1 amide bonds. The summed E-state index contributed by atoms with van der Waals surface area (Å²) in [5.74, 6) is 0.275. The number of halogens is 2. The molecule has 1 aliphatic heterocycles. The Kier molecular flexibility index (Phi) is 6.92. The number of amides is 1. The Morgan fingerprint density at radius 2 is 2.15 bits per heavy atom. The molecule has 0 spiro atoms. The molecule has 5 nitrogen and oxygen atoms in total. The van der Waals surface area contributed by atoms with Gasteiger partial charge in [-0.25, -0.2) is 4.98 Å². The maximum absolute atomic E-state index is 12.1. The number of nitrogens with one attached hydrogen (secondary N) is 1. The second kappa shape index (κ2) is 9.17. The van der Waals surface area contributed by atoms with Crippen molar-refractivity contribution in [2.45, 2.75) is 32.7 Å². The van der Waals surface area contributed by atoms with E-state index >= 15 is 0 Å². The van der Waals surface area contributed by atoms with E-state index in [2.05, 4.69) is 31.1 Å². The largest absolute Gasteiger partial charge is 0.482 e. The Bertz CT molecular complexity index is 755. The van der Waals surface area contributed by atoms with Crippen LogP contribution in [0.25, 0.3) is 0 Å². The zero-order valence-corrected chi connectivity index (χ0v) is 17.7. The molecule has 0 aliphatic carbocycles. The van der Waals surface area contributed by atoms with Crippen LogP contribution >= 0.6 is 38.9 Å². The Morgan fingerprint density at radius 3 is 2.88 bits per heavy atom. The molecular weight excluding hydrogens is 438 g/mol. The van der Waals surface area contributed by atoms with Crippen molar-refractivity contribution in [2.75, 3.05) is 25.0 Å². The van der Waals surface area contributed by atoms with Crippen LogP contribution in [0.15, 0.2) is 22.0 Å². The van der Waals surface area contributed by atoms with Gasteiger partial charge in [-0.3, -0.25) is 15.0 Å². The second-order valence-corrected chi connectivity index (χ2v) is 8.53. The molecule has 1 saturated heterocycles. The minimum absolute atomic E-state index is 0.108. The minimum Gasteiger partial charge on any atom is -0.482 e. The summed E-state index contributed by atoms with van der Waals surface area (Å²) in [6, 6.07) is 3.64. The molecule has 26 heavy (non-hydrogen) atoms. The molecule has 140 valence electrons. The van der Waals surface area contributed by atoms with E-state index in [1.807, 2.05) is 18.4 Å². The van der Waals surface area contributed by atoms with Crippen molar-refractivity contribution < 1.29 is 9.53 Å². The van der Waals surface area contributed by atoms with Crippen LogP contribution in [0.3, 0.4) is 0 Å². The van der Waals surface area contributed by atoms with E-state index in [1.165, 1.54) is 30.6 Å². The number of hydrogen-bond acceptors (Lipinski definition) is 5. The molecule has 0 bridgehead atoms. The van der Waals surface area contributed by atoms with Gasteiger partial charge in [0.1, 0.15) is 5.75 Å². The first-order valence-corrected chi connectivity index (χ1v) is 10.6. The van der Waals surface area contributed by atoms with Crippen molar-refractivity contribution >= 4 is 49.9 Å². The van der Waals surface area contributed by atoms with Gasteiger partial charge < -0.3 is 4.74 Å². The molecule has 1 fully saturated rings. The van der Waals surface area contributed by atoms with Gasteiger partial charge >= 0.3 is 0 Å². The number of anilines is 1. The summed E-state index contributed by atoms with van der Waals surface area (Å²) in [5.41, 5.74) is 1.87. The van der Waals surface area contributed by atoms with Crippen LogP contribution in [0.1, 0.15) is 30.5 Å². The molecule has 2 heterocycles. The molecule has 8 heteroatoms. The summed E-state index contributed by atoms with van der Waals surface area (Å²) in [7, 11) is 0. The Labute approximate surface area is 170 Å². The average Bonchev–Trinajstić information content (AvgIpc) is 3.01. The second-order valence-electron chi connectivity index (χ2n) is 6.35. The lowest BCUT2D eigenvalue weighted by Crippen LogP contribution is -2.29. The van der Waals surface area contributed by atoms with E-state index in [1.54, 1.807) is 6.07 Å². The number of ether oxygens (including phenoxy) is 1. The number of aromatic nitrogens is 1. The van der Waals surface area contributed by atoms with E-state index in [9.17, 15) is 4.79 Å². The highest BCUT2D eigenvalue weighted by molar-refractivity contribution is 9.10. The van der Waals surface area contributed by atoms with E-state index in [0.29, 0.717) is 15.9 Å². The molecule has 1 aromatic heterocycles. The highest BCUT2D eigenvalue weighted by Crippen LogP contribution is 2.32. The number of carbonyl (C=O) groups excluding carboxylic acids is 1. The summed E-state index contributed by atoms with van der Waals surface area (Å²) >= 11 is 11.0. The number of nitrogens with zero attached hydrogens (tertiary/aromatic N) is 2. The van der Waals surface area contributed by atoms with Gasteiger partial charge in [-0.15, -0.1) is 11.3 Å². The first-order chi connectivity index (χ1) is 12.5. The standard InChI is InChI=1S/C18H21BrClN3O2S/c1-12-7-13(19)8-15(20)17(12)25-10-16(24)22-18-21-14(11-26-18)9-23-5-3-2-4-6-23/h7-8,11H,2-6,9-10H2,1H3,(H,21,22,24). The van der Waals surface area contributed by atoms with Gasteiger partial charge in [-0.1, -0.05) is 34.0 Å². The zero-order valence-electron chi connectivity index (χ0n) is 14.6. The van der Waals surface area contributed by atoms with E-state index in [-0.39, 0.29) is 12.5 Å². The summed E-state index contributed by atoms with van der Waals surface area (Å²) in [6.07, 6.45) is 3.82. The summed E-state index contributed by atoms with van der Waals surface area (Å²) in [4.78, 5) is 19.1. The quantitative estimate of drug-likeness (QED) is 0.671. The zero-order chi connectivity index (χ0) is 18.5. The lowest BCUT2D eigenvalue weighted by atomic mass is 10.1. The molecule has 1 aromatic carbocycles.